The van der Waals surface area contributed by atoms with Gasteiger partial charge in [-0.2, -0.15) is 0 Å². The van der Waals surface area contributed by atoms with Gasteiger partial charge in [-0.25, -0.2) is 0 Å². The number of likely N-dealkylation sites (tertiary alicyclic amines) is 1. The Hall–Kier alpha value is -0.420. The number of halogens is 2. The van der Waals surface area contributed by atoms with Gasteiger partial charge >= 0.3 is 0 Å². The van der Waals surface area contributed by atoms with Crippen LogP contribution in [-0.4, -0.2) is 35.7 Å². The second-order valence-electron chi connectivity index (χ2n) is 5.15. The summed E-state index contributed by atoms with van der Waals surface area (Å²) in [6.45, 7) is 1.60. The highest BCUT2D eigenvalue weighted by atomic mass is 35.5. The van der Waals surface area contributed by atoms with Gasteiger partial charge in [-0.3, -0.25) is 4.79 Å². The van der Waals surface area contributed by atoms with Crippen molar-refractivity contribution in [2.24, 2.45) is 5.73 Å². The average Bonchev–Trinajstić information content (AvgIpc) is 2.45. The molecule has 1 fully saturated rings. The van der Waals surface area contributed by atoms with Crippen molar-refractivity contribution in [2.75, 3.05) is 18.8 Å². The fourth-order valence-electron chi connectivity index (χ4n) is 2.34. The molecule has 1 unspecified atom stereocenters. The maximum atomic E-state index is 12.0. The fourth-order valence-corrected chi connectivity index (χ4v) is 3.32. The molecule has 1 aliphatic rings. The zero-order chi connectivity index (χ0) is 14.4. The Morgan fingerprint density at radius 3 is 2.76 bits per heavy atom. The summed E-state index contributed by atoms with van der Waals surface area (Å²) in [5, 5.41) is 0.756. The van der Waals surface area contributed by atoms with Crippen molar-refractivity contribution in [1.82, 2.24) is 4.90 Å². The van der Waals surface area contributed by atoms with E-state index in [9.17, 15) is 4.79 Å². The van der Waals surface area contributed by atoms with E-state index in [1.165, 1.54) is 4.90 Å². The summed E-state index contributed by atoms with van der Waals surface area (Å²) in [6.07, 6.45) is 3.59. The van der Waals surface area contributed by atoms with Crippen molar-refractivity contribution in [1.29, 1.82) is 0 Å². The van der Waals surface area contributed by atoms with E-state index < -0.39 is 0 Å². The quantitative estimate of drug-likeness (QED) is 0.653. The highest BCUT2D eigenvalue weighted by Gasteiger charge is 2.20. The summed E-state index contributed by atoms with van der Waals surface area (Å²) in [4.78, 5) is 15.2. The molecule has 1 atom stereocenters. The second-order valence-corrected chi connectivity index (χ2v) is 6.75. The lowest BCUT2D eigenvalue weighted by molar-refractivity contribution is -0.132. The third kappa shape index (κ3) is 6.47. The molecule has 1 aromatic rings. The molecule has 0 aromatic heterocycles. The maximum absolute atomic E-state index is 12.0. The zero-order valence-corrected chi connectivity index (χ0v) is 14.4. The van der Waals surface area contributed by atoms with Gasteiger partial charge < -0.3 is 10.6 Å². The van der Waals surface area contributed by atoms with Crippen LogP contribution < -0.4 is 5.73 Å². The summed E-state index contributed by atoms with van der Waals surface area (Å²) in [7, 11) is 0. The van der Waals surface area contributed by atoms with Crippen molar-refractivity contribution >= 4 is 41.7 Å². The van der Waals surface area contributed by atoms with Crippen molar-refractivity contribution in [3.63, 3.8) is 0 Å². The van der Waals surface area contributed by atoms with Crippen LogP contribution in [-0.2, 0) is 4.79 Å². The molecule has 2 rings (SSSR count). The molecule has 1 aromatic carbocycles. The molecule has 0 spiro atoms. The molecule has 1 heterocycles. The molecule has 1 amide bonds. The Bertz CT molecular complexity index is 442. The molecule has 118 valence electrons. The predicted octanol–water partition coefficient (Wildman–Crippen LogP) is 3.58. The Morgan fingerprint density at radius 2 is 2.10 bits per heavy atom. The predicted molar refractivity (Wildman–Crippen MR) is 92.4 cm³/mol. The fraction of sp³-hybridized carbons (Fsp3) is 0.533. The number of carbonyl (C=O) groups is 1. The van der Waals surface area contributed by atoms with Gasteiger partial charge in [0, 0.05) is 35.5 Å². The number of hydrogen-bond acceptors (Lipinski definition) is 3. The Labute approximate surface area is 142 Å². The number of piperidine rings is 1. The number of nitrogens with zero attached hydrogens (tertiary/aromatic N) is 1. The summed E-state index contributed by atoms with van der Waals surface area (Å²) in [6, 6.07) is 7.97. The van der Waals surface area contributed by atoms with Crippen molar-refractivity contribution < 1.29 is 4.79 Å². The summed E-state index contributed by atoms with van der Waals surface area (Å²) >= 11 is 7.61. The third-order valence-electron chi connectivity index (χ3n) is 3.43. The Morgan fingerprint density at radius 1 is 1.38 bits per heavy atom. The van der Waals surface area contributed by atoms with Gasteiger partial charge in [-0.1, -0.05) is 11.6 Å². The molecule has 6 heteroatoms. The van der Waals surface area contributed by atoms with Crippen molar-refractivity contribution in [2.45, 2.75) is 36.6 Å². The molecule has 0 aliphatic carbocycles. The number of benzene rings is 1. The highest BCUT2D eigenvalue weighted by Crippen LogP contribution is 2.21. The lowest BCUT2D eigenvalue weighted by Gasteiger charge is -2.30. The van der Waals surface area contributed by atoms with Gasteiger partial charge in [0.15, 0.2) is 0 Å². The molecular formula is C15H22Cl2N2OS. The molecule has 21 heavy (non-hydrogen) atoms. The van der Waals surface area contributed by atoms with Gasteiger partial charge in [0.05, 0.1) is 0 Å². The lowest BCUT2D eigenvalue weighted by Crippen LogP contribution is -2.45. The van der Waals surface area contributed by atoms with Crippen LogP contribution in [0.3, 0.4) is 0 Å². The molecule has 0 bridgehead atoms. The van der Waals surface area contributed by atoms with Crippen molar-refractivity contribution in [3.05, 3.63) is 29.3 Å². The van der Waals surface area contributed by atoms with Crippen LogP contribution in [0.2, 0.25) is 5.02 Å². The van der Waals surface area contributed by atoms with E-state index in [2.05, 4.69) is 0 Å². The summed E-state index contributed by atoms with van der Waals surface area (Å²) in [5.74, 6) is 1.20. The monoisotopic (exact) mass is 348 g/mol. The number of nitrogens with two attached hydrogens (primary N) is 1. The number of hydrogen-bond donors (Lipinski definition) is 1. The molecule has 1 saturated heterocycles. The molecular weight excluding hydrogens is 327 g/mol. The van der Waals surface area contributed by atoms with Gasteiger partial charge in [-0.05, 0) is 49.3 Å². The van der Waals surface area contributed by atoms with Gasteiger partial charge in [0.25, 0.3) is 0 Å². The second kappa shape index (κ2) is 9.57. The molecule has 1 aliphatic heterocycles. The van der Waals surface area contributed by atoms with Crippen LogP contribution in [0, 0.1) is 0 Å². The van der Waals surface area contributed by atoms with E-state index in [4.69, 9.17) is 17.3 Å². The first-order chi connectivity index (χ1) is 9.65. The van der Waals surface area contributed by atoms with E-state index >= 15 is 0 Å². The van der Waals surface area contributed by atoms with Crippen LogP contribution >= 0.6 is 35.8 Å². The van der Waals surface area contributed by atoms with E-state index in [0.717, 1.165) is 43.1 Å². The van der Waals surface area contributed by atoms with E-state index in [1.807, 2.05) is 29.2 Å². The minimum atomic E-state index is 0. The van der Waals surface area contributed by atoms with E-state index in [1.54, 1.807) is 11.8 Å². The minimum absolute atomic E-state index is 0. The van der Waals surface area contributed by atoms with Crippen LogP contribution in [0.4, 0.5) is 0 Å². The normalized spacial score (nSPS) is 18.2. The molecule has 0 saturated carbocycles. The first-order valence-corrected chi connectivity index (χ1v) is 8.43. The zero-order valence-electron chi connectivity index (χ0n) is 12.0. The molecule has 0 radical (unpaired) electrons. The van der Waals surface area contributed by atoms with E-state index in [-0.39, 0.29) is 24.4 Å². The standard InChI is InChI=1S/C15H21ClN2OS.ClH/c16-12-5-7-14(8-6-12)20-10-2-4-15(19)18-9-1-3-13(17)11-18;/h5-8,13H,1-4,9-11,17H2;1H. The SMILES string of the molecule is Cl.NC1CCCN(C(=O)CCCSc2ccc(Cl)cc2)C1. The first-order valence-electron chi connectivity index (χ1n) is 7.07. The third-order valence-corrected chi connectivity index (χ3v) is 4.78. The maximum Gasteiger partial charge on any atom is 0.222 e. The van der Waals surface area contributed by atoms with Crippen LogP contribution in [0.25, 0.3) is 0 Å². The first kappa shape index (κ1) is 18.6. The lowest BCUT2D eigenvalue weighted by atomic mass is 10.1. The Balaban J connectivity index is 0.00000220. The molecule has 2 N–H and O–H groups in total. The number of amides is 1. The van der Waals surface area contributed by atoms with Gasteiger partial charge in [0.2, 0.25) is 5.91 Å². The van der Waals surface area contributed by atoms with E-state index in [0.29, 0.717) is 6.42 Å². The van der Waals surface area contributed by atoms with Crippen molar-refractivity contribution in [3.8, 4) is 0 Å². The average molecular weight is 349 g/mol. The Kier molecular flexibility index (Phi) is 8.49. The topological polar surface area (TPSA) is 46.3 Å². The van der Waals surface area contributed by atoms with Crippen LogP contribution in [0.5, 0.6) is 0 Å². The number of thioether (sulfide) groups is 1. The van der Waals surface area contributed by atoms with Crippen LogP contribution in [0.15, 0.2) is 29.2 Å². The minimum Gasteiger partial charge on any atom is -0.341 e. The number of carbonyl (C=O) groups excluding carboxylic acids is 1. The molecule has 3 nitrogen and oxygen atoms in total. The highest BCUT2D eigenvalue weighted by molar-refractivity contribution is 7.99. The summed E-state index contributed by atoms with van der Waals surface area (Å²) < 4.78 is 0. The van der Waals surface area contributed by atoms with Crippen LogP contribution in [0.1, 0.15) is 25.7 Å². The number of rotatable bonds is 5. The summed E-state index contributed by atoms with van der Waals surface area (Å²) in [5.41, 5.74) is 5.90. The smallest absolute Gasteiger partial charge is 0.222 e. The van der Waals surface area contributed by atoms with Gasteiger partial charge in [-0.15, -0.1) is 24.2 Å². The van der Waals surface area contributed by atoms with Gasteiger partial charge in [0.1, 0.15) is 0 Å². The largest absolute Gasteiger partial charge is 0.341 e.